The number of aryl methyl sites for hydroxylation is 1. The minimum absolute atomic E-state index is 0.169. The zero-order valence-electron chi connectivity index (χ0n) is 13.1. The van der Waals surface area contributed by atoms with Gasteiger partial charge in [-0.3, -0.25) is 9.59 Å². The first-order valence-corrected chi connectivity index (χ1v) is 8.29. The summed E-state index contributed by atoms with van der Waals surface area (Å²) >= 11 is 11.9. The molecule has 7 heteroatoms. The van der Waals surface area contributed by atoms with Crippen LogP contribution in [0.2, 0.25) is 10.0 Å². The van der Waals surface area contributed by atoms with Crippen molar-refractivity contribution in [1.29, 1.82) is 0 Å². The Morgan fingerprint density at radius 1 is 1.21 bits per heavy atom. The van der Waals surface area contributed by atoms with Crippen LogP contribution in [-0.2, 0) is 11.2 Å². The van der Waals surface area contributed by atoms with Crippen LogP contribution >= 0.6 is 23.2 Å². The Hall–Kier alpha value is -1.98. The summed E-state index contributed by atoms with van der Waals surface area (Å²) in [5.41, 5.74) is 0.238. The SMILES string of the molecule is CC(NC(=O)c1cccc(Cl)c1Cl)C(=O)NCCCc1ccco1. The van der Waals surface area contributed by atoms with Gasteiger partial charge in [-0.15, -0.1) is 0 Å². The van der Waals surface area contributed by atoms with Gasteiger partial charge in [0, 0.05) is 13.0 Å². The van der Waals surface area contributed by atoms with Crippen molar-refractivity contribution < 1.29 is 14.0 Å². The minimum Gasteiger partial charge on any atom is -0.469 e. The fourth-order valence-electron chi connectivity index (χ4n) is 2.10. The van der Waals surface area contributed by atoms with Crippen molar-refractivity contribution in [2.75, 3.05) is 6.54 Å². The largest absolute Gasteiger partial charge is 0.469 e. The average molecular weight is 369 g/mol. The summed E-state index contributed by atoms with van der Waals surface area (Å²) in [5.74, 6) is 0.169. The second kappa shape index (κ2) is 8.76. The van der Waals surface area contributed by atoms with Crippen molar-refractivity contribution >= 4 is 35.0 Å². The number of hydrogen-bond donors (Lipinski definition) is 2. The number of amides is 2. The predicted octanol–water partition coefficient (Wildman–Crippen LogP) is 3.45. The molecule has 128 valence electrons. The lowest BCUT2D eigenvalue weighted by atomic mass is 10.2. The number of benzene rings is 1. The molecule has 1 aromatic heterocycles. The molecular weight excluding hydrogens is 351 g/mol. The molecule has 2 amide bonds. The van der Waals surface area contributed by atoms with Crippen LogP contribution in [-0.4, -0.2) is 24.4 Å². The van der Waals surface area contributed by atoms with Crippen LogP contribution in [0.15, 0.2) is 41.0 Å². The lowest BCUT2D eigenvalue weighted by molar-refractivity contribution is -0.122. The molecule has 0 bridgehead atoms. The molecule has 1 heterocycles. The second-order valence-corrected chi connectivity index (χ2v) is 6.06. The van der Waals surface area contributed by atoms with Crippen LogP contribution in [0.25, 0.3) is 0 Å². The van der Waals surface area contributed by atoms with E-state index >= 15 is 0 Å². The molecule has 0 aliphatic carbocycles. The van der Waals surface area contributed by atoms with Crippen molar-refractivity contribution in [3.05, 3.63) is 58.0 Å². The molecule has 0 fully saturated rings. The van der Waals surface area contributed by atoms with Crippen molar-refractivity contribution in [3.8, 4) is 0 Å². The van der Waals surface area contributed by atoms with Crippen LogP contribution < -0.4 is 10.6 Å². The molecule has 2 rings (SSSR count). The standard InChI is InChI=1S/C17H18Cl2N2O3/c1-11(16(22)20-9-3-5-12-6-4-10-24-12)21-17(23)13-7-2-8-14(18)15(13)19/h2,4,6-8,10-11H,3,5,9H2,1H3,(H,20,22)(H,21,23). The normalized spacial score (nSPS) is 11.8. The van der Waals surface area contributed by atoms with E-state index in [9.17, 15) is 9.59 Å². The van der Waals surface area contributed by atoms with E-state index < -0.39 is 11.9 Å². The van der Waals surface area contributed by atoms with Crippen LogP contribution in [0.3, 0.4) is 0 Å². The van der Waals surface area contributed by atoms with Gasteiger partial charge in [0.1, 0.15) is 11.8 Å². The van der Waals surface area contributed by atoms with Crippen molar-refractivity contribution in [2.45, 2.75) is 25.8 Å². The second-order valence-electron chi connectivity index (χ2n) is 5.27. The Kier molecular flexibility index (Phi) is 6.70. The van der Waals surface area contributed by atoms with E-state index in [1.165, 1.54) is 0 Å². The van der Waals surface area contributed by atoms with Gasteiger partial charge in [0.2, 0.25) is 5.91 Å². The summed E-state index contributed by atoms with van der Waals surface area (Å²) in [5, 5.41) is 5.84. The Balaban J connectivity index is 1.78. The summed E-state index contributed by atoms with van der Waals surface area (Å²) in [7, 11) is 0. The molecule has 24 heavy (non-hydrogen) atoms. The Bertz CT molecular complexity index is 702. The first kappa shape index (κ1) is 18.4. The lowest BCUT2D eigenvalue weighted by Crippen LogP contribution is -2.45. The fraction of sp³-hybridized carbons (Fsp3) is 0.294. The van der Waals surface area contributed by atoms with Crippen molar-refractivity contribution in [1.82, 2.24) is 10.6 Å². The maximum absolute atomic E-state index is 12.2. The van der Waals surface area contributed by atoms with Gasteiger partial charge in [0.25, 0.3) is 5.91 Å². The van der Waals surface area contributed by atoms with Crippen molar-refractivity contribution in [2.24, 2.45) is 0 Å². The van der Waals surface area contributed by atoms with Gasteiger partial charge in [0.05, 0.1) is 21.9 Å². The monoisotopic (exact) mass is 368 g/mol. The average Bonchev–Trinajstić information content (AvgIpc) is 3.07. The lowest BCUT2D eigenvalue weighted by Gasteiger charge is -2.15. The molecule has 5 nitrogen and oxygen atoms in total. The van der Waals surface area contributed by atoms with E-state index in [1.54, 1.807) is 31.4 Å². The third-order valence-electron chi connectivity index (χ3n) is 3.42. The third kappa shape index (κ3) is 5.01. The number of carbonyl (C=O) groups is 2. The molecule has 2 N–H and O–H groups in total. The Labute approximate surface area is 150 Å². The first-order valence-electron chi connectivity index (χ1n) is 7.54. The zero-order valence-corrected chi connectivity index (χ0v) is 14.7. The number of hydrogen-bond acceptors (Lipinski definition) is 3. The van der Waals surface area contributed by atoms with E-state index in [2.05, 4.69) is 10.6 Å². The molecular formula is C17H18Cl2N2O3. The smallest absolute Gasteiger partial charge is 0.253 e. The Morgan fingerprint density at radius 3 is 2.71 bits per heavy atom. The molecule has 1 unspecified atom stereocenters. The number of carbonyl (C=O) groups excluding carboxylic acids is 2. The Morgan fingerprint density at radius 2 is 2.00 bits per heavy atom. The van der Waals surface area contributed by atoms with Gasteiger partial charge in [-0.1, -0.05) is 29.3 Å². The molecule has 2 aromatic rings. The van der Waals surface area contributed by atoms with E-state index in [-0.39, 0.29) is 16.5 Å². The number of rotatable bonds is 7. The van der Waals surface area contributed by atoms with Gasteiger partial charge in [0.15, 0.2) is 0 Å². The van der Waals surface area contributed by atoms with Crippen LogP contribution in [0, 0.1) is 0 Å². The molecule has 0 aliphatic rings. The summed E-state index contributed by atoms with van der Waals surface area (Å²) < 4.78 is 5.22. The quantitative estimate of drug-likeness (QED) is 0.735. The van der Waals surface area contributed by atoms with E-state index in [4.69, 9.17) is 27.6 Å². The summed E-state index contributed by atoms with van der Waals surface area (Å²) in [6.45, 7) is 2.11. The van der Waals surface area contributed by atoms with E-state index in [1.807, 2.05) is 12.1 Å². The first-order chi connectivity index (χ1) is 11.5. The summed E-state index contributed by atoms with van der Waals surface area (Å²) in [4.78, 5) is 24.2. The highest BCUT2D eigenvalue weighted by Gasteiger charge is 2.18. The van der Waals surface area contributed by atoms with Crippen molar-refractivity contribution in [3.63, 3.8) is 0 Å². The maximum Gasteiger partial charge on any atom is 0.253 e. The molecule has 1 atom stereocenters. The highest BCUT2D eigenvalue weighted by molar-refractivity contribution is 6.43. The van der Waals surface area contributed by atoms with Gasteiger partial charge in [-0.2, -0.15) is 0 Å². The molecule has 0 radical (unpaired) electrons. The topological polar surface area (TPSA) is 71.3 Å². The van der Waals surface area contributed by atoms with Gasteiger partial charge in [-0.25, -0.2) is 0 Å². The number of halogens is 2. The highest BCUT2D eigenvalue weighted by atomic mass is 35.5. The summed E-state index contributed by atoms with van der Waals surface area (Å²) in [6.07, 6.45) is 3.11. The highest BCUT2D eigenvalue weighted by Crippen LogP contribution is 2.25. The molecule has 0 spiro atoms. The minimum atomic E-state index is -0.684. The van der Waals surface area contributed by atoms with E-state index in [0.717, 1.165) is 18.6 Å². The molecule has 0 saturated carbocycles. The fourth-order valence-corrected chi connectivity index (χ4v) is 2.49. The van der Waals surface area contributed by atoms with Crippen LogP contribution in [0.4, 0.5) is 0 Å². The van der Waals surface area contributed by atoms with Crippen LogP contribution in [0.1, 0.15) is 29.5 Å². The number of furan rings is 1. The molecule has 0 aliphatic heterocycles. The molecule has 0 saturated heterocycles. The van der Waals surface area contributed by atoms with Gasteiger partial charge >= 0.3 is 0 Å². The molecule has 1 aromatic carbocycles. The van der Waals surface area contributed by atoms with Gasteiger partial charge < -0.3 is 15.1 Å². The van der Waals surface area contributed by atoms with E-state index in [0.29, 0.717) is 11.6 Å². The summed E-state index contributed by atoms with van der Waals surface area (Å²) in [6, 6.07) is 7.80. The predicted molar refractivity (Wildman–Crippen MR) is 93.4 cm³/mol. The number of nitrogens with one attached hydrogen (secondary N) is 2. The zero-order chi connectivity index (χ0) is 17.5. The van der Waals surface area contributed by atoms with Gasteiger partial charge in [-0.05, 0) is 37.6 Å². The maximum atomic E-state index is 12.2. The third-order valence-corrected chi connectivity index (χ3v) is 4.24. The van der Waals surface area contributed by atoms with Crippen LogP contribution in [0.5, 0.6) is 0 Å².